The molecule has 27 heavy (non-hydrogen) atoms. The number of anilines is 1. The van der Waals surface area contributed by atoms with E-state index >= 15 is 0 Å². The molecule has 0 saturated heterocycles. The molecule has 1 aliphatic rings. The molecule has 6 heteroatoms. The van der Waals surface area contributed by atoms with E-state index in [1.54, 1.807) is 0 Å². The summed E-state index contributed by atoms with van der Waals surface area (Å²) in [6.45, 7) is 7.43. The van der Waals surface area contributed by atoms with Gasteiger partial charge in [-0.2, -0.15) is 5.10 Å². The molecule has 1 heterocycles. The number of carbonyl (C=O) groups excluding carboxylic acids is 1. The van der Waals surface area contributed by atoms with Gasteiger partial charge in [0.25, 0.3) is 0 Å². The van der Waals surface area contributed by atoms with E-state index in [4.69, 9.17) is 16.3 Å². The van der Waals surface area contributed by atoms with E-state index in [0.29, 0.717) is 17.1 Å². The summed E-state index contributed by atoms with van der Waals surface area (Å²) < 4.78 is 5.33. The molecule has 2 aromatic carbocycles. The van der Waals surface area contributed by atoms with Crippen LogP contribution >= 0.6 is 11.6 Å². The molecule has 1 amide bonds. The topological polar surface area (TPSA) is 63.0 Å². The van der Waals surface area contributed by atoms with Crippen molar-refractivity contribution >= 4 is 34.8 Å². The molecule has 0 radical (unpaired) electrons. The van der Waals surface area contributed by atoms with Crippen LogP contribution in [0.2, 0.25) is 5.02 Å². The third-order valence-electron chi connectivity index (χ3n) is 3.89. The van der Waals surface area contributed by atoms with Crippen LogP contribution in [0, 0.1) is 0 Å². The third kappa shape index (κ3) is 4.95. The average Bonchev–Trinajstić information content (AvgIpc) is 2.72. The molecule has 0 aliphatic carbocycles. The Morgan fingerprint density at radius 3 is 2.48 bits per heavy atom. The van der Waals surface area contributed by atoms with Crippen LogP contribution in [0.1, 0.15) is 44.4 Å². The van der Waals surface area contributed by atoms with Crippen molar-refractivity contribution in [3.05, 3.63) is 64.2 Å². The van der Waals surface area contributed by atoms with Gasteiger partial charge in [-0.05, 0) is 57.5 Å². The Labute approximate surface area is 164 Å². The fourth-order valence-corrected chi connectivity index (χ4v) is 2.90. The summed E-state index contributed by atoms with van der Waals surface area (Å²) in [4.78, 5) is 12.1. The summed E-state index contributed by atoms with van der Waals surface area (Å²) in [5.41, 5.74) is 4.68. The normalized spacial score (nSPS) is 13.8. The number of amides is 1. The second-order valence-electron chi connectivity index (χ2n) is 7.47. The molecule has 0 unspecified atom stereocenters. The highest BCUT2D eigenvalue weighted by Gasteiger charge is 2.19. The van der Waals surface area contributed by atoms with Crippen molar-refractivity contribution in [3.8, 4) is 0 Å². The van der Waals surface area contributed by atoms with Gasteiger partial charge in [0.2, 0.25) is 0 Å². The molecule has 0 aromatic heterocycles. The lowest BCUT2D eigenvalue weighted by atomic mass is 9.94. The first-order valence-electron chi connectivity index (χ1n) is 8.72. The van der Waals surface area contributed by atoms with Crippen molar-refractivity contribution in [1.29, 1.82) is 0 Å². The lowest BCUT2D eigenvalue weighted by Crippen LogP contribution is -2.27. The Hall–Kier alpha value is -2.66. The first kappa shape index (κ1) is 19.1. The van der Waals surface area contributed by atoms with E-state index in [-0.39, 0.29) is 0 Å². The Balaban J connectivity index is 1.97. The van der Waals surface area contributed by atoms with Crippen molar-refractivity contribution in [3.63, 3.8) is 0 Å². The molecule has 140 valence electrons. The summed E-state index contributed by atoms with van der Waals surface area (Å²) in [6.07, 6.45) is 0.205. The smallest absolute Gasteiger partial charge is 0.412 e. The Morgan fingerprint density at radius 2 is 1.81 bits per heavy atom. The number of hydrogen-bond donors (Lipinski definition) is 1. The maximum atomic E-state index is 12.1. The van der Waals surface area contributed by atoms with E-state index in [1.807, 2.05) is 70.2 Å². The molecule has 3 rings (SSSR count). The van der Waals surface area contributed by atoms with Crippen molar-refractivity contribution in [1.82, 2.24) is 0 Å². The number of nitrogens with one attached hydrogen (secondary N) is 1. The molecule has 0 saturated carbocycles. The zero-order valence-corrected chi connectivity index (χ0v) is 16.6. The van der Waals surface area contributed by atoms with Crippen LogP contribution in [0.25, 0.3) is 0 Å². The SMILES string of the molecule is CC1=NN=C(c2ccc(Cl)cc2)c2cc(NC(=O)OC(C)(C)C)ccc2C1. The number of ether oxygens (including phenoxy) is 1. The lowest BCUT2D eigenvalue weighted by Gasteiger charge is -2.20. The number of fused-ring (bicyclic) bond motifs is 1. The Bertz CT molecular complexity index is 925. The van der Waals surface area contributed by atoms with Gasteiger partial charge in [0.05, 0.1) is 0 Å². The van der Waals surface area contributed by atoms with Gasteiger partial charge in [0, 0.05) is 34.0 Å². The maximum Gasteiger partial charge on any atom is 0.412 e. The van der Waals surface area contributed by atoms with Crippen LogP contribution in [0.5, 0.6) is 0 Å². The molecule has 0 fully saturated rings. The van der Waals surface area contributed by atoms with Crippen molar-refractivity contribution in [2.24, 2.45) is 10.2 Å². The van der Waals surface area contributed by atoms with Gasteiger partial charge in [-0.1, -0.05) is 29.8 Å². The number of rotatable bonds is 2. The highest BCUT2D eigenvalue weighted by Crippen LogP contribution is 2.24. The van der Waals surface area contributed by atoms with Gasteiger partial charge in [-0.25, -0.2) is 4.79 Å². The van der Waals surface area contributed by atoms with E-state index in [1.165, 1.54) is 0 Å². The van der Waals surface area contributed by atoms with Gasteiger partial charge in [0.15, 0.2) is 0 Å². The molecule has 0 atom stereocenters. The first-order chi connectivity index (χ1) is 12.7. The highest BCUT2D eigenvalue weighted by molar-refractivity contribution is 6.30. The maximum absolute atomic E-state index is 12.1. The predicted octanol–water partition coefficient (Wildman–Crippen LogP) is 5.46. The largest absolute Gasteiger partial charge is 0.444 e. The van der Waals surface area contributed by atoms with Gasteiger partial charge in [0.1, 0.15) is 11.3 Å². The molecule has 1 N–H and O–H groups in total. The predicted molar refractivity (Wildman–Crippen MR) is 110 cm³/mol. The van der Waals surface area contributed by atoms with E-state index in [2.05, 4.69) is 15.5 Å². The molecule has 0 spiro atoms. The van der Waals surface area contributed by atoms with Crippen LogP contribution in [0.3, 0.4) is 0 Å². The number of benzene rings is 2. The standard InChI is InChI=1S/C21H22ClN3O2/c1-13-11-15-7-10-17(23-20(26)27-21(2,3)4)12-18(15)19(25-24-13)14-5-8-16(22)9-6-14/h5-10,12H,11H2,1-4H3,(H,23,26). The van der Waals surface area contributed by atoms with Gasteiger partial charge >= 0.3 is 6.09 Å². The van der Waals surface area contributed by atoms with E-state index in [9.17, 15) is 4.79 Å². The fourth-order valence-electron chi connectivity index (χ4n) is 2.77. The second kappa shape index (κ2) is 7.53. The van der Waals surface area contributed by atoms with Gasteiger partial charge in [-0.15, -0.1) is 5.10 Å². The molecule has 0 bridgehead atoms. The summed E-state index contributed by atoms with van der Waals surface area (Å²) in [5.74, 6) is 0. The summed E-state index contributed by atoms with van der Waals surface area (Å²) in [7, 11) is 0. The minimum Gasteiger partial charge on any atom is -0.444 e. The number of halogens is 1. The minimum atomic E-state index is -0.559. The van der Waals surface area contributed by atoms with Crippen LogP contribution in [-0.2, 0) is 11.2 Å². The highest BCUT2D eigenvalue weighted by atomic mass is 35.5. The van der Waals surface area contributed by atoms with Crippen LogP contribution in [0.15, 0.2) is 52.7 Å². The van der Waals surface area contributed by atoms with Crippen molar-refractivity contribution in [2.75, 3.05) is 5.32 Å². The number of hydrogen-bond acceptors (Lipinski definition) is 4. The van der Waals surface area contributed by atoms with Gasteiger partial charge < -0.3 is 4.74 Å². The number of carbonyl (C=O) groups is 1. The van der Waals surface area contributed by atoms with Gasteiger partial charge in [-0.3, -0.25) is 5.32 Å². The quantitative estimate of drug-likeness (QED) is 0.748. The zero-order chi connectivity index (χ0) is 19.6. The fraction of sp³-hybridized carbons (Fsp3) is 0.286. The monoisotopic (exact) mass is 383 g/mol. The van der Waals surface area contributed by atoms with Crippen LogP contribution in [-0.4, -0.2) is 23.1 Å². The zero-order valence-electron chi connectivity index (χ0n) is 15.8. The average molecular weight is 384 g/mol. The van der Waals surface area contributed by atoms with Crippen LogP contribution < -0.4 is 5.32 Å². The second-order valence-corrected chi connectivity index (χ2v) is 7.90. The molecule has 1 aliphatic heterocycles. The summed E-state index contributed by atoms with van der Waals surface area (Å²) in [6, 6.07) is 13.2. The molecule has 5 nitrogen and oxygen atoms in total. The molecular formula is C21H22ClN3O2. The first-order valence-corrected chi connectivity index (χ1v) is 9.09. The number of nitrogens with zero attached hydrogens (tertiary/aromatic N) is 2. The van der Waals surface area contributed by atoms with E-state index in [0.717, 1.165) is 28.1 Å². The summed E-state index contributed by atoms with van der Waals surface area (Å²) >= 11 is 6.01. The van der Waals surface area contributed by atoms with E-state index < -0.39 is 11.7 Å². The lowest BCUT2D eigenvalue weighted by molar-refractivity contribution is 0.0636. The van der Waals surface area contributed by atoms with Crippen LogP contribution in [0.4, 0.5) is 10.5 Å². The molecular weight excluding hydrogens is 362 g/mol. The minimum absolute atomic E-state index is 0.492. The molecule has 2 aromatic rings. The van der Waals surface area contributed by atoms with Crippen molar-refractivity contribution in [2.45, 2.75) is 39.7 Å². The summed E-state index contributed by atoms with van der Waals surface area (Å²) in [5, 5.41) is 12.2. The Kier molecular flexibility index (Phi) is 5.33. The Morgan fingerprint density at radius 1 is 1.11 bits per heavy atom. The third-order valence-corrected chi connectivity index (χ3v) is 4.15. The van der Waals surface area contributed by atoms with Crippen molar-refractivity contribution < 1.29 is 9.53 Å².